The van der Waals surface area contributed by atoms with Gasteiger partial charge in [-0.2, -0.15) is 0 Å². The van der Waals surface area contributed by atoms with E-state index >= 15 is 0 Å². The SMILES string of the molecule is O=C(c1ccc(F)cc1F)N1Cc2ccccc2C1. The lowest BCUT2D eigenvalue weighted by molar-refractivity contribution is 0.0746. The normalized spacial score (nSPS) is 13.5. The van der Waals surface area contributed by atoms with Gasteiger partial charge in [0.25, 0.3) is 5.91 Å². The van der Waals surface area contributed by atoms with E-state index in [1.807, 2.05) is 24.3 Å². The molecule has 1 amide bonds. The Balaban J connectivity index is 1.87. The van der Waals surface area contributed by atoms with E-state index in [4.69, 9.17) is 0 Å². The Bertz CT molecular complexity index is 629. The molecule has 96 valence electrons. The van der Waals surface area contributed by atoms with Gasteiger partial charge in [-0.05, 0) is 23.3 Å². The van der Waals surface area contributed by atoms with Gasteiger partial charge < -0.3 is 4.90 Å². The van der Waals surface area contributed by atoms with E-state index in [0.717, 1.165) is 23.3 Å². The average Bonchev–Trinajstić information content (AvgIpc) is 2.81. The Labute approximate surface area is 109 Å². The van der Waals surface area contributed by atoms with Crippen LogP contribution in [0, 0.1) is 11.6 Å². The van der Waals surface area contributed by atoms with Crippen LogP contribution in [0.4, 0.5) is 8.78 Å². The predicted octanol–water partition coefficient (Wildman–Crippen LogP) is 3.12. The van der Waals surface area contributed by atoms with Crippen LogP contribution < -0.4 is 0 Å². The minimum atomic E-state index is -0.819. The van der Waals surface area contributed by atoms with Gasteiger partial charge in [0.05, 0.1) is 5.56 Å². The maximum absolute atomic E-state index is 13.6. The smallest absolute Gasteiger partial charge is 0.257 e. The fourth-order valence-electron chi connectivity index (χ4n) is 2.31. The number of halogens is 2. The molecule has 0 atom stereocenters. The second kappa shape index (κ2) is 4.46. The Morgan fingerprint density at radius 1 is 1.00 bits per heavy atom. The van der Waals surface area contributed by atoms with Gasteiger partial charge in [-0.15, -0.1) is 0 Å². The summed E-state index contributed by atoms with van der Waals surface area (Å²) in [5, 5.41) is 0. The molecule has 0 spiro atoms. The number of hydrogen-bond donors (Lipinski definition) is 0. The van der Waals surface area contributed by atoms with Crippen LogP contribution >= 0.6 is 0 Å². The molecule has 1 aliphatic rings. The highest BCUT2D eigenvalue weighted by Crippen LogP contribution is 2.24. The first kappa shape index (κ1) is 11.8. The summed E-state index contributed by atoms with van der Waals surface area (Å²) in [5.74, 6) is -1.91. The van der Waals surface area contributed by atoms with Crippen molar-refractivity contribution in [3.05, 3.63) is 70.8 Å². The van der Waals surface area contributed by atoms with Gasteiger partial charge in [-0.3, -0.25) is 4.79 Å². The van der Waals surface area contributed by atoms with Crippen molar-refractivity contribution in [1.82, 2.24) is 4.90 Å². The van der Waals surface area contributed by atoms with Crippen LogP contribution in [0.15, 0.2) is 42.5 Å². The van der Waals surface area contributed by atoms with E-state index in [1.165, 1.54) is 6.07 Å². The molecule has 0 aromatic heterocycles. The fourth-order valence-corrected chi connectivity index (χ4v) is 2.31. The third-order valence-corrected chi connectivity index (χ3v) is 3.29. The Kier molecular flexibility index (Phi) is 2.78. The number of benzene rings is 2. The fraction of sp³-hybridized carbons (Fsp3) is 0.133. The molecular formula is C15H11F2NO. The highest BCUT2D eigenvalue weighted by Gasteiger charge is 2.25. The largest absolute Gasteiger partial charge is 0.330 e. The quantitative estimate of drug-likeness (QED) is 0.770. The van der Waals surface area contributed by atoms with E-state index in [-0.39, 0.29) is 5.56 Å². The molecular weight excluding hydrogens is 248 g/mol. The summed E-state index contributed by atoms with van der Waals surface area (Å²) in [6.07, 6.45) is 0. The molecule has 2 nitrogen and oxygen atoms in total. The zero-order valence-corrected chi connectivity index (χ0v) is 10.1. The minimum Gasteiger partial charge on any atom is -0.330 e. The summed E-state index contributed by atoms with van der Waals surface area (Å²) in [6.45, 7) is 0.928. The number of carbonyl (C=O) groups is 1. The number of hydrogen-bond acceptors (Lipinski definition) is 1. The first-order chi connectivity index (χ1) is 9.15. The Morgan fingerprint density at radius 2 is 1.63 bits per heavy atom. The van der Waals surface area contributed by atoms with Crippen LogP contribution in [0.3, 0.4) is 0 Å². The van der Waals surface area contributed by atoms with Crippen molar-refractivity contribution in [3.63, 3.8) is 0 Å². The van der Waals surface area contributed by atoms with Crippen molar-refractivity contribution < 1.29 is 13.6 Å². The summed E-state index contributed by atoms with van der Waals surface area (Å²) in [4.78, 5) is 13.8. The number of amides is 1. The molecule has 3 rings (SSSR count). The van der Waals surface area contributed by atoms with E-state index in [2.05, 4.69) is 0 Å². The molecule has 0 fully saturated rings. The zero-order valence-electron chi connectivity index (χ0n) is 10.1. The van der Waals surface area contributed by atoms with Crippen LogP contribution in [-0.4, -0.2) is 10.8 Å². The first-order valence-electron chi connectivity index (χ1n) is 5.96. The minimum absolute atomic E-state index is 0.0887. The Hall–Kier alpha value is -2.23. The van der Waals surface area contributed by atoms with E-state index in [9.17, 15) is 13.6 Å². The summed E-state index contributed by atoms with van der Waals surface area (Å²) in [6, 6.07) is 10.7. The van der Waals surface area contributed by atoms with Crippen LogP contribution in [0.1, 0.15) is 21.5 Å². The van der Waals surface area contributed by atoms with Crippen LogP contribution in [-0.2, 0) is 13.1 Å². The monoisotopic (exact) mass is 259 g/mol. The summed E-state index contributed by atoms with van der Waals surface area (Å²) in [5.41, 5.74) is 2.05. The molecule has 0 saturated heterocycles. The maximum Gasteiger partial charge on any atom is 0.257 e. The van der Waals surface area contributed by atoms with E-state index in [1.54, 1.807) is 4.90 Å². The first-order valence-corrected chi connectivity index (χ1v) is 5.96. The van der Waals surface area contributed by atoms with Gasteiger partial charge in [-0.25, -0.2) is 8.78 Å². The van der Waals surface area contributed by atoms with Gasteiger partial charge in [0.2, 0.25) is 0 Å². The van der Waals surface area contributed by atoms with E-state index in [0.29, 0.717) is 13.1 Å². The summed E-state index contributed by atoms with van der Waals surface area (Å²) >= 11 is 0. The maximum atomic E-state index is 13.6. The number of nitrogens with zero attached hydrogens (tertiary/aromatic N) is 1. The number of carbonyl (C=O) groups excluding carboxylic acids is 1. The molecule has 1 heterocycles. The Morgan fingerprint density at radius 3 is 2.21 bits per heavy atom. The van der Waals surface area contributed by atoms with Crippen molar-refractivity contribution in [2.75, 3.05) is 0 Å². The molecule has 0 radical (unpaired) electrons. The molecule has 2 aromatic carbocycles. The lowest BCUT2D eigenvalue weighted by Crippen LogP contribution is -2.26. The van der Waals surface area contributed by atoms with Crippen molar-refractivity contribution in [3.8, 4) is 0 Å². The highest BCUT2D eigenvalue weighted by atomic mass is 19.1. The number of fused-ring (bicyclic) bond motifs is 1. The third-order valence-electron chi connectivity index (χ3n) is 3.29. The van der Waals surface area contributed by atoms with Crippen molar-refractivity contribution in [2.45, 2.75) is 13.1 Å². The van der Waals surface area contributed by atoms with Gasteiger partial charge >= 0.3 is 0 Å². The zero-order chi connectivity index (χ0) is 13.4. The topological polar surface area (TPSA) is 20.3 Å². The van der Waals surface area contributed by atoms with Gasteiger partial charge in [-0.1, -0.05) is 24.3 Å². The highest BCUT2D eigenvalue weighted by molar-refractivity contribution is 5.94. The van der Waals surface area contributed by atoms with E-state index < -0.39 is 17.5 Å². The molecule has 1 aliphatic heterocycles. The summed E-state index contributed by atoms with van der Waals surface area (Å²) < 4.78 is 26.4. The third kappa shape index (κ3) is 2.10. The molecule has 2 aromatic rings. The molecule has 0 N–H and O–H groups in total. The van der Waals surface area contributed by atoms with Crippen LogP contribution in [0.25, 0.3) is 0 Å². The van der Waals surface area contributed by atoms with Crippen molar-refractivity contribution >= 4 is 5.91 Å². The van der Waals surface area contributed by atoms with Crippen LogP contribution in [0.5, 0.6) is 0 Å². The molecule has 0 aliphatic carbocycles. The van der Waals surface area contributed by atoms with Gasteiger partial charge in [0.1, 0.15) is 11.6 Å². The number of rotatable bonds is 1. The molecule has 4 heteroatoms. The molecule has 19 heavy (non-hydrogen) atoms. The standard InChI is InChI=1S/C15H11F2NO/c16-12-5-6-13(14(17)7-12)15(19)18-8-10-3-1-2-4-11(10)9-18/h1-7H,8-9H2. The second-order valence-corrected chi connectivity index (χ2v) is 4.55. The van der Waals surface area contributed by atoms with Crippen LogP contribution in [0.2, 0.25) is 0 Å². The molecule has 0 saturated carbocycles. The second-order valence-electron chi connectivity index (χ2n) is 4.55. The molecule has 0 bridgehead atoms. The van der Waals surface area contributed by atoms with Gasteiger partial charge in [0, 0.05) is 19.2 Å². The lowest BCUT2D eigenvalue weighted by Gasteiger charge is -2.15. The summed E-state index contributed by atoms with van der Waals surface area (Å²) in [7, 11) is 0. The van der Waals surface area contributed by atoms with Gasteiger partial charge in [0.15, 0.2) is 0 Å². The predicted molar refractivity (Wildman–Crippen MR) is 66.4 cm³/mol. The van der Waals surface area contributed by atoms with Crippen molar-refractivity contribution in [2.24, 2.45) is 0 Å². The lowest BCUT2D eigenvalue weighted by atomic mass is 10.1. The molecule has 0 unspecified atom stereocenters. The van der Waals surface area contributed by atoms with Crippen molar-refractivity contribution in [1.29, 1.82) is 0 Å². The average molecular weight is 259 g/mol.